The third-order valence-electron chi connectivity index (χ3n) is 6.41. The third kappa shape index (κ3) is 7.19. The molecule has 2 aromatic rings. The molecule has 2 N–H and O–H groups in total. The van der Waals surface area contributed by atoms with Gasteiger partial charge in [-0.25, -0.2) is 9.18 Å². The smallest absolute Gasteiger partial charge is 0.323 e. The van der Waals surface area contributed by atoms with Crippen LogP contribution in [0, 0.1) is 11.7 Å². The van der Waals surface area contributed by atoms with Gasteiger partial charge in [-0.2, -0.15) is 0 Å². The van der Waals surface area contributed by atoms with Crippen LogP contribution in [0.25, 0.3) is 0 Å². The van der Waals surface area contributed by atoms with Gasteiger partial charge in [0, 0.05) is 57.0 Å². The maximum Gasteiger partial charge on any atom is 0.323 e. The van der Waals surface area contributed by atoms with Crippen molar-refractivity contribution in [3.05, 3.63) is 53.8 Å². The number of methoxy groups -OCH3 is 1. The van der Waals surface area contributed by atoms with Gasteiger partial charge in [-0.3, -0.25) is 9.59 Å². The monoisotopic (exact) mass is 514 g/mol. The van der Waals surface area contributed by atoms with Crippen LogP contribution in [0.1, 0.15) is 37.6 Å². The van der Waals surface area contributed by atoms with Gasteiger partial charge >= 0.3 is 6.03 Å². The van der Waals surface area contributed by atoms with Gasteiger partial charge in [-0.15, -0.1) is 0 Å². The van der Waals surface area contributed by atoms with Crippen LogP contribution in [0.2, 0.25) is 0 Å². The summed E-state index contributed by atoms with van der Waals surface area (Å²) in [5.41, 5.74) is 1.00. The van der Waals surface area contributed by atoms with E-state index < -0.39 is 11.8 Å². The molecule has 0 bridgehead atoms. The first-order chi connectivity index (χ1) is 17.6. The van der Waals surface area contributed by atoms with E-state index >= 15 is 0 Å². The molecule has 2 aromatic carbocycles. The second kappa shape index (κ2) is 12.5. The molecule has 9 nitrogen and oxygen atoms in total. The van der Waals surface area contributed by atoms with Crippen LogP contribution in [0.5, 0.6) is 5.75 Å². The quantitative estimate of drug-likeness (QED) is 0.637. The summed E-state index contributed by atoms with van der Waals surface area (Å²) in [4.78, 5) is 41.9. The molecule has 37 heavy (non-hydrogen) atoms. The van der Waals surface area contributed by atoms with E-state index in [2.05, 4.69) is 10.6 Å². The fourth-order valence-electron chi connectivity index (χ4n) is 4.26. The van der Waals surface area contributed by atoms with Gasteiger partial charge in [0.2, 0.25) is 5.91 Å². The summed E-state index contributed by atoms with van der Waals surface area (Å²) in [6, 6.07) is 9.45. The van der Waals surface area contributed by atoms with E-state index in [4.69, 9.17) is 9.47 Å². The average Bonchev–Trinajstić information content (AvgIpc) is 2.87. The van der Waals surface area contributed by atoms with Crippen LogP contribution in [0.4, 0.5) is 20.6 Å². The lowest BCUT2D eigenvalue weighted by molar-refractivity contribution is -0.135. The number of hydrogen-bond donors (Lipinski definition) is 2. The van der Waals surface area contributed by atoms with Gasteiger partial charge < -0.3 is 29.9 Å². The minimum absolute atomic E-state index is 0.00366. The van der Waals surface area contributed by atoms with Crippen LogP contribution in [-0.2, 0) is 9.53 Å². The van der Waals surface area contributed by atoms with Crippen molar-refractivity contribution in [3.8, 4) is 5.75 Å². The molecule has 200 valence electrons. The number of carbonyl (C=O) groups excluding carboxylic acids is 3. The van der Waals surface area contributed by atoms with E-state index in [1.165, 1.54) is 18.2 Å². The number of hydrogen-bond acceptors (Lipinski definition) is 5. The van der Waals surface area contributed by atoms with E-state index in [0.717, 1.165) is 0 Å². The third-order valence-corrected chi connectivity index (χ3v) is 6.41. The fourth-order valence-corrected chi connectivity index (χ4v) is 4.26. The topological polar surface area (TPSA) is 100 Å². The van der Waals surface area contributed by atoms with Gasteiger partial charge in [-0.1, -0.05) is 19.9 Å². The Labute approximate surface area is 216 Å². The Morgan fingerprint density at radius 3 is 2.46 bits per heavy atom. The molecule has 0 saturated heterocycles. The lowest BCUT2D eigenvalue weighted by Crippen LogP contribution is -2.48. The number of halogens is 1. The highest BCUT2D eigenvalue weighted by atomic mass is 19.1. The van der Waals surface area contributed by atoms with Crippen LogP contribution >= 0.6 is 0 Å². The standard InChI is InChI=1S/C27H35FN4O5/c1-6-25(33)32-14-17(2)24(36-5)15-31(4)26(34)22-11-10-21(13-23(22)37-16-18(32)3)30-27(35)29-20-9-7-8-19(28)12-20/h7-13,17-18,24H,6,14-16H2,1-5H3,(H2,29,30,35)/t17-,18-,24+/m1/s1. The van der Waals surface area contributed by atoms with E-state index in [-0.39, 0.29) is 42.2 Å². The van der Waals surface area contributed by atoms with Crippen molar-refractivity contribution >= 4 is 29.2 Å². The summed E-state index contributed by atoms with van der Waals surface area (Å²) in [7, 11) is 3.29. The van der Waals surface area contributed by atoms with E-state index in [9.17, 15) is 18.8 Å². The number of fused-ring (bicyclic) bond motifs is 1. The molecule has 0 fully saturated rings. The second-order valence-corrected chi connectivity index (χ2v) is 9.30. The maximum atomic E-state index is 13.4. The highest BCUT2D eigenvalue weighted by Gasteiger charge is 2.30. The molecule has 10 heteroatoms. The number of urea groups is 1. The second-order valence-electron chi connectivity index (χ2n) is 9.30. The number of nitrogens with zero attached hydrogens (tertiary/aromatic N) is 2. The molecular weight excluding hydrogens is 479 g/mol. The first-order valence-electron chi connectivity index (χ1n) is 12.3. The Kier molecular flexibility index (Phi) is 9.46. The summed E-state index contributed by atoms with van der Waals surface area (Å²) < 4.78 is 25.2. The molecule has 0 spiro atoms. The van der Waals surface area contributed by atoms with Crippen molar-refractivity contribution in [2.75, 3.05) is 44.5 Å². The lowest BCUT2D eigenvalue weighted by Gasteiger charge is -2.36. The molecule has 1 aliphatic rings. The van der Waals surface area contributed by atoms with Crippen molar-refractivity contribution in [3.63, 3.8) is 0 Å². The van der Waals surface area contributed by atoms with E-state index in [1.807, 2.05) is 20.8 Å². The molecule has 3 rings (SSSR count). The van der Waals surface area contributed by atoms with Crippen molar-refractivity contribution in [1.29, 1.82) is 0 Å². The highest BCUT2D eigenvalue weighted by molar-refractivity contribution is 6.01. The van der Waals surface area contributed by atoms with Crippen molar-refractivity contribution in [1.82, 2.24) is 9.80 Å². The minimum atomic E-state index is -0.577. The summed E-state index contributed by atoms with van der Waals surface area (Å²) in [6.45, 7) is 6.66. The molecule has 0 unspecified atom stereocenters. The lowest BCUT2D eigenvalue weighted by atomic mass is 10.0. The minimum Gasteiger partial charge on any atom is -0.491 e. The van der Waals surface area contributed by atoms with Crippen LogP contribution in [0.3, 0.4) is 0 Å². The number of anilines is 2. The van der Waals surface area contributed by atoms with E-state index in [0.29, 0.717) is 36.4 Å². The normalized spacial score (nSPS) is 20.7. The number of ether oxygens (including phenoxy) is 2. The van der Waals surface area contributed by atoms with Crippen molar-refractivity contribution < 1.29 is 28.2 Å². The summed E-state index contributed by atoms with van der Waals surface area (Å²) in [5, 5.41) is 5.25. The van der Waals surface area contributed by atoms with Crippen LogP contribution < -0.4 is 15.4 Å². The van der Waals surface area contributed by atoms with Gasteiger partial charge in [0.05, 0.1) is 17.7 Å². The first-order valence-corrected chi connectivity index (χ1v) is 12.3. The van der Waals surface area contributed by atoms with Crippen molar-refractivity contribution in [2.24, 2.45) is 5.92 Å². The summed E-state index contributed by atoms with van der Waals surface area (Å²) in [5.74, 6) is -0.457. The highest BCUT2D eigenvalue weighted by Crippen LogP contribution is 2.27. The molecule has 4 amide bonds. The van der Waals surface area contributed by atoms with Gasteiger partial charge in [0.1, 0.15) is 18.2 Å². The molecular formula is C27H35FN4O5. The van der Waals surface area contributed by atoms with Crippen molar-refractivity contribution in [2.45, 2.75) is 39.3 Å². The van der Waals surface area contributed by atoms with Gasteiger partial charge in [0.15, 0.2) is 0 Å². The Bertz CT molecular complexity index is 1130. The maximum absolute atomic E-state index is 13.4. The predicted octanol–water partition coefficient (Wildman–Crippen LogP) is 4.21. The SMILES string of the molecule is CCC(=O)N1C[C@@H](C)[C@@H](OC)CN(C)C(=O)c2ccc(NC(=O)Nc3cccc(F)c3)cc2OC[C@H]1C. The molecule has 0 saturated carbocycles. The Morgan fingerprint density at radius 2 is 1.81 bits per heavy atom. The molecule has 0 radical (unpaired) electrons. The molecule has 0 aromatic heterocycles. The zero-order valence-electron chi connectivity index (χ0n) is 21.9. The number of likely N-dealkylation sites (N-methyl/N-ethyl adjacent to an activating group) is 1. The summed E-state index contributed by atoms with van der Waals surface area (Å²) >= 11 is 0. The first kappa shape index (κ1) is 27.9. The Hall–Kier alpha value is -3.66. The largest absolute Gasteiger partial charge is 0.491 e. The number of nitrogens with one attached hydrogen (secondary N) is 2. The predicted molar refractivity (Wildman–Crippen MR) is 139 cm³/mol. The van der Waals surface area contributed by atoms with Gasteiger partial charge in [0.25, 0.3) is 5.91 Å². The molecule has 0 aliphatic carbocycles. The van der Waals surface area contributed by atoms with Crippen LogP contribution in [-0.4, -0.2) is 73.6 Å². The number of amides is 4. The van der Waals surface area contributed by atoms with E-state index in [1.54, 1.807) is 48.2 Å². The number of benzene rings is 2. The summed E-state index contributed by atoms with van der Waals surface area (Å²) in [6.07, 6.45) is 0.0857. The zero-order valence-corrected chi connectivity index (χ0v) is 21.9. The zero-order chi connectivity index (χ0) is 27.1. The number of rotatable bonds is 4. The number of carbonyl (C=O) groups is 3. The molecule has 1 aliphatic heterocycles. The van der Waals surface area contributed by atoms with Gasteiger partial charge in [-0.05, 0) is 37.3 Å². The average molecular weight is 515 g/mol. The molecule has 1 heterocycles. The molecule has 3 atom stereocenters. The Balaban J connectivity index is 1.88. The Morgan fingerprint density at radius 1 is 1.11 bits per heavy atom. The fraction of sp³-hybridized carbons (Fsp3) is 0.444. The van der Waals surface area contributed by atoms with Crippen LogP contribution in [0.15, 0.2) is 42.5 Å².